The van der Waals surface area contributed by atoms with Gasteiger partial charge in [0.2, 0.25) is 0 Å². The van der Waals surface area contributed by atoms with E-state index in [2.05, 4.69) is 9.97 Å². The number of hydrogen-bond acceptors (Lipinski definition) is 7. The number of hydrogen-bond donors (Lipinski definition) is 2. The monoisotopic (exact) mass is 532 g/mol. The third kappa shape index (κ3) is 5.23. The topological polar surface area (TPSA) is 116 Å². The minimum Gasteiger partial charge on any atom is -0.405 e. The molecular weight excluding hydrogens is 521 g/mol. The number of alkyl halides is 6. The van der Waals surface area contributed by atoms with Crippen molar-refractivity contribution in [3.63, 3.8) is 0 Å². The van der Waals surface area contributed by atoms with Gasteiger partial charge in [-0.3, -0.25) is 14.6 Å². The van der Waals surface area contributed by atoms with Crippen LogP contribution in [0.15, 0.2) is 18.2 Å². The Labute approximate surface area is 195 Å². The zero-order valence-corrected chi connectivity index (χ0v) is 17.8. The van der Waals surface area contributed by atoms with Crippen molar-refractivity contribution in [2.24, 2.45) is 0 Å². The molecule has 35 heavy (non-hydrogen) atoms. The van der Waals surface area contributed by atoms with Crippen molar-refractivity contribution in [3.05, 3.63) is 40.4 Å². The van der Waals surface area contributed by atoms with E-state index in [0.29, 0.717) is 4.90 Å². The highest BCUT2D eigenvalue weighted by molar-refractivity contribution is 6.29. The van der Waals surface area contributed by atoms with E-state index in [4.69, 9.17) is 16.3 Å². The highest BCUT2D eigenvalue weighted by atomic mass is 35.5. The predicted molar refractivity (Wildman–Crippen MR) is 102 cm³/mol. The van der Waals surface area contributed by atoms with Crippen molar-refractivity contribution < 1.29 is 55.3 Å². The Hall–Kier alpha value is -3.24. The Bertz CT molecular complexity index is 1180. The first-order chi connectivity index (χ1) is 16.0. The molecule has 0 radical (unpaired) electrons. The first-order valence-electron chi connectivity index (χ1n) is 9.17. The van der Waals surface area contributed by atoms with Gasteiger partial charge in [0.1, 0.15) is 23.2 Å². The molecule has 0 unspecified atom stereocenters. The van der Waals surface area contributed by atoms with Crippen LogP contribution in [0.1, 0.15) is 11.3 Å². The van der Waals surface area contributed by atoms with E-state index in [1.165, 1.54) is 0 Å². The van der Waals surface area contributed by atoms with E-state index < -0.39 is 88.8 Å². The van der Waals surface area contributed by atoms with Crippen LogP contribution in [0.5, 0.6) is 5.75 Å². The molecular formula is C18H12ClF7N4O5. The van der Waals surface area contributed by atoms with Gasteiger partial charge >= 0.3 is 18.4 Å². The molecule has 3 rings (SSSR count). The quantitative estimate of drug-likeness (QED) is 0.461. The number of halogens is 8. The number of rotatable bonds is 3. The van der Waals surface area contributed by atoms with Gasteiger partial charge in [-0.05, 0) is 18.2 Å². The molecule has 1 aliphatic heterocycles. The third-order valence-corrected chi connectivity index (χ3v) is 4.92. The number of β-amino-alcohol motifs (C(OH)–C–C–N with tert-alkyl or cyclic N) is 1. The number of aliphatic hydroxyl groups excluding tert-OH is 2. The second kappa shape index (κ2) is 9.09. The lowest BCUT2D eigenvalue weighted by Crippen LogP contribution is -2.34. The molecule has 1 saturated heterocycles. The lowest BCUT2D eigenvalue weighted by molar-refractivity contribution is -0.146. The van der Waals surface area contributed by atoms with Crippen LogP contribution in [0.3, 0.4) is 0 Å². The summed E-state index contributed by atoms with van der Waals surface area (Å²) >= 11 is 5.50. The van der Waals surface area contributed by atoms with Crippen LogP contribution in [0.4, 0.5) is 47.2 Å². The second-order valence-electron chi connectivity index (χ2n) is 7.03. The maximum atomic E-state index is 13.7. The van der Waals surface area contributed by atoms with Crippen molar-refractivity contribution in [3.8, 4) is 5.75 Å². The van der Waals surface area contributed by atoms with Crippen molar-refractivity contribution in [2.45, 2.75) is 24.6 Å². The summed E-state index contributed by atoms with van der Waals surface area (Å²) in [6.07, 6.45) is -16.7. The van der Waals surface area contributed by atoms with Gasteiger partial charge in [-0.25, -0.2) is 19.2 Å². The average Bonchev–Trinajstić information content (AvgIpc) is 3.00. The van der Waals surface area contributed by atoms with Crippen LogP contribution in [0, 0.1) is 5.82 Å². The maximum Gasteiger partial charge on any atom is 0.433 e. The largest absolute Gasteiger partial charge is 0.433 e. The molecule has 1 fully saturated rings. The molecule has 0 spiro atoms. The fraction of sp³-hybridized carbons (Fsp3) is 0.333. The number of aromatic nitrogens is 2. The Morgan fingerprint density at radius 2 is 1.80 bits per heavy atom. The minimum absolute atomic E-state index is 0.120. The molecule has 0 saturated carbocycles. The summed E-state index contributed by atoms with van der Waals surface area (Å²) in [7, 11) is 0.915. The summed E-state index contributed by atoms with van der Waals surface area (Å²) in [5.41, 5.74) is -4.23. The van der Waals surface area contributed by atoms with Crippen molar-refractivity contribution >= 4 is 35.2 Å². The van der Waals surface area contributed by atoms with Crippen LogP contribution >= 0.6 is 11.6 Å². The minimum atomic E-state index is -5.55. The number of ether oxygens (including phenoxy) is 1. The maximum absolute atomic E-state index is 13.7. The van der Waals surface area contributed by atoms with Crippen LogP contribution in [-0.4, -0.2) is 58.0 Å². The number of pyridine rings is 2. The van der Waals surface area contributed by atoms with Crippen molar-refractivity contribution in [1.82, 2.24) is 9.97 Å². The van der Waals surface area contributed by atoms with Gasteiger partial charge in [-0.2, -0.15) is 26.3 Å². The number of anilines is 2. The summed E-state index contributed by atoms with van der Waals surface area (Å²) in [6.45, 7) is -0.957. The Morgan fingerprint density at radius 3 is 2.29 bits per heavy atom. The molecule has 1 aliphatic rings. The number of nitrogens with zero attached hydrogens (tertiary/aromatic N) is 4. The molecule has 9 nitrogen and oxygen atoms in total. The van der Waals surface area contributed by atoms with Gasteiger partial charge in [0.25, 0.3) is 5.91 Å². The number of aliphatic hydroxyl groups is 2. The molecule has 3 heterocycles. The van der Waals surface area contributed by atoms with E-state index >= 15 is 0 Å². The van der Waals surface area contributed by atoms with Gasteiger partial charge in [0.05, 0.1) is 6.54 Å². The van der Waals surface area contributed by atoms with E-state index in [1.54, 1.807) is 0 Å². The predicted octanol–water partition coefficient (Wildman–Crippen LogP) is 3.01. The van der Waals surface area contributed by atoms with E-state index in [0.717, 1.165) is 19.2 Å². The fourth-order valence-corrected chi connectivity index (χ4v) is 3.04. The summed E-state index contributed by atoms with van der Waals surface area (Å²) in [4.78, 5) is 31.8. The van der Waals surface area contributed by atoms with Crippen LogP contribution < -0.4 is 14.5 Å². The lowest BCUT2D eigenvalue weighted by atomic mass is 10.1. The first-order valence-corrected chi connectivity index (χ1v) is 9.54. The van der Waals surface area contributed by atoms with Gasteiger partial charge in [-0.15, -0.1) is 0 Å². The molecule has 0 aromatic carbocycles. The fourth-order valence-electron chi connectivity index (χ4n) is 2.89. The number of carbonyl (C=O) groups excluding carboxylic acids is 2. The van der Waals surface area contributed by atoms with Gasteiger partial charge < -0.3 is 14.9 Å². The molecule has 2 N–H and O–H groups in total. The van der Waals surface area contributed by atoms with Gasteiger partial charge in [0, 0.05) is 7.05 Å². The van der Waals surface area contributed by atoms with Gasteiger partial charge in [0.15, 0.2) is 28.6 Å². The molecule has 190 valence electrons. The highest BCUT2D eigenvalue weighted by Crippen LogP contribution is 2.45. The summed E-state index contributed by atoms with van der Waals surface area (Å²) in [6, 6.07) is 1.23. The normalized spacial score (nSPS) is 18.7. The summed E-state index contributed by atoms with van der Waals surface area (Å²) in [5, 5.41) is 18.6. The molecule has 17 heteroatoms. The summed E-state index contributed by atoms with van der Waals surface area (Å²) in [5.74, 6) is -5.95. The highest BCUT2D eigenvalue weighted by Gasteiger charge is 2.47. The molecule has 2 aromatic heterocycles. The Balaban J connectivity index is 2.16. The average molecular weight is 533 g/mol. The molecule has 0 aliphatic carbocycles. The number of carbonyl (C=O) groups is 2. The van der Waals surface area contributed by atoms with E-state index in [1.807, 2.05) is 0 Å². The zero-order chi connectivity index (χ0) is 26.5. The van der Waals surface area contributed by atoms with E-state index in [9.17, 15) is 50.5 Å². The SMILES string of the molecule is CN(C(=O)Oc1c(C(F)(F)F)cc(C(F)(F)F)nc1N1C[C@H](O)[C@H](O)C1=O)c1ccc(F)c(Cl)n1. The third-order valence-electron chi connectivity index (χ3n) is 4.66. The van der Waals surface area contributed by atoms with Crippen LogP contribution in [-0.2, 0) is 17.1 Å². The molecule has 2 aromatic rings. The molecule has 0 bridgehead atoms. The zero-order valence-electron chi connectivity index (χ0n) is 17.0. The second-order valence-corrected chi connectivity index (χ2v) is 7.39. The van der Waals surface area contributed by atoms with E-state index in [-0.39, 0.29) is 4.90 Å². The molecule has 2 atom stereocenters. The summed E-state index contributed by atoms with van der Waals surface area (Å²) < 4.78 is 99.1. The Kier molecular flexibility index (Phi) is 6.84. The smallest absolute Gasteiger partial charge is 0.405 e. The Morgan fingerprint density at radius 1 is 1.17 bits per heavy atom. The van der Waals surface area contributed by atoms with Crippen LogP contribution in [0.2, 0.25) is 5.15 Å². The van der Waals surface area contributed by atoms with Crippen LogP contribution in [0.25, 0.3) is 0 Å². The first kappa shape index (κ1) is 26.4. The van der Waals surface area contributed by atoms with Crippen molar-refractivity contribution in [1.29, 1.82) is 0 Å². The lowest BCUT2D eigenvalue weighted by Gasteiger charge is -2.24. The standard InChI is InChI=1S/C18H12ClF7N4O5/c1-29(10-3-2-7(20)13(19)28-10)16(34)35-12-6(17(21,22)23)4-9(18(24,25)26)27-14(12)30-5-8(31)11(32)15(30)33/h2-4,8,11,31-32H,5H2,1H3/t8-,11-/m0/s1. The number of amides is 2. The molecule has 2 amide bonds. The van der Waals surface area contributed by atoms with Gasteiger partial charge in [-0.1, -0.05) is 11.6 Å². The van der Waals surface area contributed by atoms with Crippen molar-refractivity contribution in [2.75, 3.05) is 23.4 Å².